The summed E-state index contributed by atoms with van der Waals surface area (Å²) in [5.74, 6) is 0.147. The Bertz CT molecular complexity index is 631. The van der Waals surface area contributed by atoms with E-state index in [4.69, 9.17) is 5.11 Å². The van der Waals surface area contributed by atoms with Crippen molar-refractivity contribution in [2.75, 3.05) is 6.61 Å². The minimum atomic E-state index is -0.956. The number of carboxylic acids is 1. The van der Waals surface area contributed by atoms with E-state index in [-0.39, 0.29) is 24.1 Å². The fraction of sp³-hybridized carbons (Fsp3) is 0.467. The molecule has 5 nitrogen and oxygen atoms in total. The molecule has 0 saturated carbocycles. The van der Waals surface area contributed by atoms with Gasteiger partial charge in [0.05, 0.1) is 29.2 Å². The highest BCUT2D eigenvalue weighted by molar-refractivity contribution is 5.92. The molecule has 0 fully saturated rings. The number of aliphatic hydroxyl groups is 1. The highest BCUT2D eigenvalue weighted by Crippen LogP contribution is 2.27. The largest absolute Gasteiger partial charge is 0.478 e. The number of rotatable bonds is 5. The second kappa shape index (κ2) is 5.63. The maximum Gasteiger partial charge on any atom is 0.335 e. The van der Waals surface area contributed by atoms with Crippen LogP contribution in [0, 0.1) is 5.92 Å². The Morgan fingerprint density at radius 3 is 2.60 bits per heavy atom. The quantitative estimate of drug-likeness (QED) is 0.879. The number of aliphatic hydroxyl groups excluding tert-OH is 1. The van der Waals surface area contributed by atoms with E-state index in [9.17, 15) is 9.90 Å². The van der Waals surface area contributed by atoms with Crippen molar-refractivity contribution in [2.45, 2.75) is 33.2 Å². The fourth-order valence-electron chi connectivity index (χ4n) is 2.49. The highest BCUT2D eigenvalue weighted by atomic mass is 16.4. The van der Waals surface area contributed by atoms with Crippen LogP contribution in [-0.4, -0.2) is 32.3 Å². The molecule has 0 aliphatic rings. The Morgan fingerprint density at radius 2 is 2.10 bits per heavy atom. The summed E-state index contributed by atoms with van der Waals surface area (Å²) >= 11 is 0. The van der Waals surface area contributed by atoms with Crippen molar-refractivity contribution in [1.82, 2.24) is 9.55 Å². The number of aryl methyl sites for hydroxylation is 1. The van der Waals surface area contributed by atoms with E-state index >= 15 is 0 Å². The van der Waals surface area contributed by atoms with Gasteiger partial charge in [-0.05, 0) is 24.1 Å². The van der Waals surface area contributed by atoms with Gasteiger partial charge >= 0.3 is 5.97 Å². The first kappa shape index (κ1) is 14.5. The molecule has 5 heteroatoms. The highest BCUT2D eigenvalue weighted by Gasteiger charge is 2.21. The molecule has 0 saturated heterocycles. The number of imidazole rings is 1. The summed E-state index contributed by atoms with van der Waals surface area (Å²) in [6.07, 6.45) is 0.736. The molecule has 0 aliphatic carbocycles. The molecule has 0 aliphatic heterocycles. The van der Waals surface area contributed by atoms with Crippen LogP contribution < -0.4 is 0 Å². The van der Waals surface area contributed by atoms with Crippen molar-refractivity contribution >= 4 is 17.0 Å². The molecule has 1 atom stereocenters. The first-order valence-corrected chi connectivity index (χ1v) is 6.84. The standard InChI is InChI=1S/C15H20N2O3/c1-4-14-16-11-6-5-10(15(19)20)7-12(11)17(14)13(8-18)9(2)3/h5-7,9,13,18H,4,8H2,1-3H3,(H,19,20). The smallest absolute Gasteiger partial charge is 0.335 e. The van der Waals surface area contributed by atoms with E-state index in [2.05, 4.69) is 4.98 Å². The number of fused-ring (bicyclic) bond motifs is 1. The second-order valence-corrected chi connectivity index (χ2v) is 5.25. The molecule has 2 rings (SSSR count). The zero-order valence-electron chi connectivity index (χ0n) is 12.0. The van der Waals surface area contributed by atoms with E-state index in [0.717, 1.165) is 23.3 Å². The summed E-state index contributed by atoms with van der Waals surface area (Å²) in [6.45, 7) is 6.08. The monoisotopic (exact) mass is 276 g/mol. The first-order chi connectivity index (χ1) is 9.49. The summed E-state index contributed by atoms with van der Waals surface area (Å²) in [6, 6.07) is 4.82. The topological polar surface area (TPSA) is 75.3 Å². The lowest BCUT2D eigenvalue weighted by Crippen LogP contribution is -2.21. The number of carbonyl (C=O) groups is 1. The van der Waals surface area contributed by atoms with Gasteiger partial charge in [-0.15, -0.1) is 0 Å². The summed E-state index contributed by atoms with van der Waals surface area (Å²) in [7, 11) is 0. The van der Waals surface area contributed by atoms with Crippen LogP contribution in [-0.2, 0) is 6.42 Å². The van der Waals surface area contributed by atoms with Crippen LogP contribution in [0.2, 0.25) is 0 Å². The van der Waals surface area contributed by atoms with Crippen LogP contribution in [0.1, 0.15) is 43.0 Å². The molecule has 0 bridgehead atoms. The first-order valence-electron chi connectivity index (χ1n) is 6.84. The lowest BCUT2D eigenvalue weighted by atomic mass is 10.0. The number of nitrogens with zero attached hydrogens (tertiary/aromatic N) is 2. The Kier molecular flexibility index (Phi) is 4.09. The van der Waals surface area contributed by atoms with Gasteiger partial charge in [-0.25, -0.2) is 9.78 Å². The van der Waals surface area contributed by atoms with Crippen LogP contribution in [0.4, 0.5) is 0 Å². The van der Waals surface area contributed by atoms with Gasteiger partial charge in [0.2, 0.25) is 0 Å². The van der Waals surface area contributed by atoms with Crippen molar-refractivity contribution in [3.05, 3.63) is 29.6 Å². The Morgan fingerprint density at radius 1 is 1.40 bits per heavy atom. The van der Waals surface area contributed by atoms with E-state index in [1.807, 2.05) is 25.3 Å². The summed E-state index contributed by atoms with van der Waals surface area (Å²) in [5, 5.41) is 18.8. The van der Waals surface area contributed by atoms with Crippen molar-refractivity contribution in [1.29, 1.82) is 0 Å². The normalized spacial score (nSPS) is 13.1. The van der Waals surface area contributed by atoms with Gasteiger partial charge in [0.25, 0.3) is 0 Å². The van der Waals surface area contributed by atoms with Crippen LogP contribution in [0.3, 0.4) is 0 Å². The molecule has 2 aromatic rings. The number of hydrogen-bond acceptors (Lipinski definition) is 3. The molecule has 2 N–H and O–H groups in total. The zero-order valence-corrected chi connectivity index (χ0v) is 12.0. The van der Waals surface area contributed by atoms with Crippen molar-refractivity contribution in [2.24, 2.45) is 5.92 Å². The molecule has 20 heavy (non-hydrogen) atoms. The van der Waals surface area contributed by atoms with Crippen LogP contribution in [0.15, 0.2) is 18.2 Å². The Hall–Kier alpha value is -1.88. The third-order valence-corrected chi connectivity index (χ3v) is 3.61. The summed E-state index contributed by atoms with van der Waals surface area (Å²) < 4.78 is 1.98. The SMILES string of the molecule is CCc1nc2ccc(C(=O)O)cc2n1C(CO)C(C)C. The number of hydrogen-bond donors (Lipinski definition) is 2. The lowest BCUT2D eigenvalue weighted by molar-refractivity contribution is 0.0697. The molecule has 0 radical (unpaired) electrons. The number of benzene rings is 1. The molecule has 1 heterocycles. The van der Waals surface area contributed by atoms with Crippen molar-refractivity contribution < 1.29 is 15.0 Å². The maximum atomic E-state index is 11.1. The molecule has 0 amide bonds. The Balaban J connectivity index is 2.71. The molecule has 1 aromatic heterocycles. The third kappa shape index (κ3) is 2.41. The molecular weight excluding hydrogens is 256 g/mol. The zero-order chi connectivity index (χ0) is 14.9. The van der Waals surface area contributed by atoms with E-state index in [1.54, 1.807) is 18.2 Å². The van der Waals surface area contributed by atoms with Gasteiger partial charge in [-0.1, -0.05) is 20.8 Å². The van der Waals surface area contributed by atoms with Crippen LogP contribution in [0.5, 0.6) is 0 Å². The molecule has 108 valence electrons. The minimum absolute atomic E-state index is 0.00737. The molecule has 1 aromatic carbocycles. The van der Waals surface area contributed by atoms with Gasteiger partial charge in [0, 0.05) is 6.42 Å². The molecule has 0 spiro atoms. The number of aromatic carboxylic acids is 1. The fourth-order valence-corrected chi connectivity index (χ4v) is 2.49. The van der Waals surface area contributed by atoms with Crippen molar-refractivity contribution in [3.63, 3.8) is 0 Å². The minimum Gasteiger partial charge on any atom is -0.478 e. The summed E-state index contributed by atoms with van der Waals surface area (Å²) in [4.78, 5) is 15.7. The van der Waals surface area contributed by atoms with Crippen molar-refractivity contribution in [3.8, 4) is 0 Å². The van der Waals surface area contributed by atoms with Crippen LogP contribution in [0.25, 0.3) is 11.0 Å². The van der Waals surface area contributed by atoms with E-state index in [1.165, 1.54) is 0 Å². The van der Waals surface area contributed by atoms with E-state index < -0.39 is 5.97 Å². The average molecular weight is 276 g/mol. The van der Waals surface area contributed by atoms with Gasteiger partial charge in [-0.3, -0.25) is 0 Å². The third-order valence-electron chi connectivity index (χ3n) is 3.61. The van der Waals surface area contributed by atoms with E-state index in [0.29, 0.717) is 0 Å². The molecular formula is C15H20N2O3. The second-order valence-electron chi connectivity index (χ2n) is 5.25. The summed E-state index contributed by atoms with van der Waals surface area (Å²) in [5.41, 5.74) is 1.78. The Labute approximate surface area is 117 Å². The lowest BCUT2D eigenvalue weighted by Gasteiger charge is -2.23. The van der Waals surface area contributed by atoms with Gasteiger partial charge in [0.1, 0.15) is 5.82 Å². The average Bonchev–Trinajstić information content (AvgIpc) is 2.77. The van der Waals surface area contributed by atoms with Gasteiger partial charge in [-0.2, -0.15) is 0 Å². The van der Waals surface area contributed by atoms with Gasteiger partial charge < -0.3 is 14.8 Å². The van der Waals surface area contributed by atoms with Crippen LogP contribution >= 0.6 is 0 Å². The molecule has 1 unspecified atom stereocenters. The predicted octanol–water partition coefficient (Wildman–Crippen LogP) is 2.49. The predicted molar refractivity (Wildman–Crippen MR) is 77.0 cm³/mol. The number of aromatic nitrogens is 2. The number of carboxylic acid groups (broad SMARTS) is 1. The van der Waals surface area contributed by atoms with Gasteiger partial charge in [0.15, 0.2) is 0 Å². The maximum absolute atomic E-state index is 11.1.